The smallest absolute Gasteiger partial charge is 0.243 e. The summed E-state index contributed by atoms with van der Waals surface area (Å²) in [7, 11) is 0.207. The van der Waals surface area contributed by atoms with Gasteiger partial charge in [0, 0.05) is 25.4 Å². The molecule has 0 spiro atoms. The quantitative estimate of drug-likeness (QED) is 0.868. The molecule has 2 heterocycles. The van der Waals surface area contributed by atoms with Crippen molar-refractivity contribution in [2.75, 3.05) is 32.9 Å². The predicted molar refractivity (Wildman–Crippen MR) is 74.1 cm³/mol. The summed E-state index contributed by atoms with van der Waals surface area (Å²) in [5.41, 5.74) is 5.55. The largest absolute Gasteiger partial charge is 0.384 e. The standard InChI is InChI=1S/C12H20N4O2S/c1-15-7-4-10(5-8-15)16(2)19(17,18)11-3-6-14-12(13)9-11/h3,6,9-10H,4-5,7-8H2,1-2H3,(H2,13,14). The number of sulfonamides is 1. The van der Waals surface area contributed by atoms with Crippen LogP contribution in [0.15, 0.2) is 23.2 Å². The number of pyridine rings is 1. The van der Waals surface area contributed by atoms with Crippen LogP contribution >= 0.6 is 0 Å². The second-order valence-electron chi connectivity index (χ2n) is 4.97. The van der Waals surface area contributed by atoms with E-state index in [4.69, 9.17) is 5.73 Å². The number of hydrogen-bond acceptors (Lipinski definition) is 5. The number of anilines is 1. The molecule has 1 aromatic heterocycles. The van der Waals surface area contributed by atoms with E-state index >= 15 is 0 Å². The van der Waals surface area contributed by atoms with Crippen LogP contribution in [-0.2, 0) is 10.0 Å². The highest BCUT2D eigenvalue weighted by molar-refractivity contribution is 7.89. The third-order valence-electron chi connectivity index (χ3n) is 3.63. The number of likely N-dealkylation sites (tertiary alicyclic amines) is 1. The Kier molecular flexibility index (Phi) is 4.07. The zero-order valence-corrected chi connectivity index (χ0v) is 12.1. The average Bonchev–Trinajstić information content (AvgIpc) is 2.39. The number of aromatic nitrogens is 1. The van der Waals surface area contributed by atoms with Crippen LogP contribution in [0.25, 0.3) is 0 Å². The molecular weight excluding hydrogens is 264 g/mol. The molecule has 1 aromatic rings. The lowest BCUT2D eigenvalue weighted by Crippen LogP contribution is -2.44. The van der Waals surface area contributed by atoms with Gasteiger partial charge in [0.05, 0.1) is 4.90 Å². The van der Waals surface area contributed by atoms with Crippen LogP contribution < -0.4 is 5.73 Å². The zero-order chi connectivity index (χ0) is 14.0. The first-order chi connectivity index (χ1) is 8.91. The van der Waals surface area contributed by atoms with Crippen molar-refractivity contribution in [2.45, 2.75) is 23.8 Å². The van der Waals surface area contributed by atoms with Gasteiger partial charge >= 0.3 is 0 Å². The fraction of sp³-hybridized carbons (Fsp3) is 0.583. The summed E-state index contributed by atoms with van der Waals surface area (Å²) in [4.78, 5) is 6.24. The lowest BCUT2D eigenvalue weighted by Gasteiger charge is -2.34. The molecule has 0 aromatic carbocycles. The molecule has 1 aliphatic heterocycles. The Morgan fingerprint density at radius 3 is 2.63 bits per heavy atom. The summed E-state index contributed by atoms with van der Waals surface area (Å²) in [6.45, 7) is 1.84. The Hall–Kier alpha value is -1.18. The molecule has 6 nitrogen and oxygen atoms in total. The summed E-state index contributed by atoms with van der Waals surface area (Å²) in [6, 6.07) is 2.94. The van der Waals surface area contributed by atoms with Crippen molar-refractivity contribution < 1.29 is 8.42 Å². The zero-order valence-electron chi connectivity index (χ0n) is 11.3. The summed E-state index contributed by atoms with van der Waals surface area (Å²) in [5, 5.41) is 0. The Morgan fingerprint density at radius 1 is 1.42 bits per heavy atom. The second kappa shape index (κ2) is 5.44. The lowest BCUT2D eigenvalue weighted by atomic mass is 10.1. The molecule has 0 saturated carbocycles. The van der Waals surface area contributed by atoms with Gasteiger partial charge in [0.2, 0.25) is 10.0 Å². The highest BCUT2D eigenvalue weighted by Gasteiger charge is 2.30. The van der Waals surface area contributed by atoms with Crippen LogP contribution in [0.4, 0.5) is 5.82 Å². The molecule has 0 bridgehead atoms. The minimum absolute atomic E-state index is 0.0515. The van der Waals surface area contributed by atoms with Crippen molar-refractivity contribution in [3.63, 3.8) is 0 Å². The predicted octanol–water partition coefficient (Wildman–Crippen LogP) is 0.378. The van der Waals surface area contributed by atoms with Crippen molar-refractivity contribution in [2.24, 2.45) is 0 Å². The number of hydrogen-bond donors (Lipinski definition) is 1. The van der Waals surface area contributed by atoms with Crippen LogP contribution in [0.5, 0.6) is 0 Å². The molecule has 0 radical (unpaired) electrons. The fourth-order valence-electron chi connectivity index (χ4n) is 2.31. The van der Waals surface area contributed by atoms with Gasteiger partial charge in [0.15, 0.2) is 0 Å². The van der Waals surface area contributed by atoms with E-state index in [-0.39, 0.29) is 16.8 Å². The summed E-state index contributed by atoms with van der Waals surface area (Å²) >= 11 is 0. The maximum absolute atomic E-state index is 12.5. The van der Waals surface area contributed by atoms with Crippen LogP contribution in [0.1, 0.15) is 12.8 Å². The minimum Gasteiger partial charge on any atom is -0.384 e. The Balaban J connectivity index is 2.20. The molecule has 0 unspecified atom stereocenters. The van der Waals surface area contributed by atoms with E-state index in [0.717, 1.165) is 25.9 Å². The van der Waals surface area contributed by atoms with Crippen LogP contribution in [-0.4, -0.2) is 55.8 Å². The normalized spacial score (nSPS) is 18.9. The topological polar surface area (TPSA) is 79.5 Å². The van der Waals surface area contributed by atoms with Gasteiger partial charge < -0.3 is 10.6 Å². The maximum Gasteiger partial charge on any atom is 0.243 e. The first-order valence-electron chi connectivity index (χ1n) is 6.29. The number of rotatable bonds is 3. The highest BCUT2D eigenvalue weighted by Crippen LogP contribution is 2.22. The van der Waals surface area contributed by atoms with Gasteiger partial charge in [0.25, 0.3) is 0 Å². The maximum atomic E-state index is 12.5. The minimum atomic E-state index is -3.48. The molecular formula is C12H20N4O2S. The Bertz CT molecular complexity index is 538. The highest BCUT2D eigenvalue weighted by atomic mass is 32.2. The van der Waals surface area contributed by atoms with Gasteiger partial charge in [0.1, 0.15) is 5.82 Å². The molecule has 7 heteroatoms. The summed E-state index contributed by atoms with van der Waals surface area (Å²) in [6.07, 6.45) is 3.13. The van der Waals surface area contributed by atoms with Crippen molar-refractivity contribution >= 4 is 15.8 Å². The number of piperidine rings is 1. The summed E-state index contributed by atoms with van der Waals surface area (Å²) in [5.74, 6) is 0.220. The molecule has 19 heavy (non-hydrogen) atoms. The molecule has 0 amide bonds. The van der Waals surface area contributed by atoms with Crippen molar-refractivity contribution in [3.8, 4) is 0 Å². The number of nitrogen functional groups attached to an aromatic ring is 1. The van der Waals surface area contributed by atoms with Gasteiger partial charge in [-0.15, -0.1) is 0 Å². The van der Waals surface area contributed by atoms with Gasteiger partial charge in [-0.2, -0.15) is 4.31 Å². The third kappa shape index (κ3) is 3.05. The molecule has 1 saturated heterocycles. The second-order valence-corrected chi connectivity index (χ2v) is 6.97. The van der Waals surface area contributed by atoms with Crippen molar-refractivity contribution in [1.82, 2.24) is 14.2 Å². The van der Waals surface area contributed by atoms with E-state index in [1.807, 2.05) is 7.05 Å². The first kappa shape index (κ1) is 14.2. The molecule has 1 fully saturated rings. The van der Waals surface area contributed by atoms with E-state index in [1.54, 1.807) is 7.05 Å². The molecule has 2 N–H and O–H groups in total. The van der Waals surface area contributed by atoms with E-state index in [2.05, 4.69) is 9.88 Å². The number of nitrogens with two attached hydrogens (primary N) is 1. The monoisotopic (exact) mass is 284 g/mol. The van der Waals surface area contributed by atoms with Gasteiger partial charge in [-0.25, -0.2) is 13.4 Å². The van der Waals surface area contributed by atoms with E-state index in [1.165, 1.54) is 22.6 Å². The van der Waals surface area contributed by atoms with Crippen LogP contribution in [0.2, 0.25) is 0 Å². The molecule has 0 atom stereocenters. The van der Waals surface area contributed by atoms with Gasteiger partial charge in [-0.3, -0.25) is 0 Å². The fourth-order valence-corrected chi connectivity index (χ4v) is 3.75. The SMILES string of the molecule is CN1CCC(N(C)S(=O)(=O)c2ccnc(N)c2)CC1. The summed E-state index contributed by atoms with van der Waals surface area (Å²) < 4.78 is 26.5. The molecule has 106 valence electrons. The molecule has 2 rings (SSSR count). The van der Waals surface area contributed by atoms with Gasteiger partial charge in [-0.1, -0.05) is 0 Å². The van der Waals surface area contributed by atoms with E-state index in [0.29, 0.717) is 0 Å². The lowest BCUT2D eigenvalue weighted by molar-refractivity contribution is 0.197. The van der Waals surface area contributed by atoms with Crippen molar-refractivity contribution in [3.05, 3.63) is 18.3 Å². The molecule has 1 aliphatic rings. The van der Waals surface area contributed by atoms with Crippen molar-refractivity contribution in [1.29, 1.82) is 0 Å². The van der Waals surface area contributed by atoms with Crippen LogP contribution in [0.3, 0.4) is 0 Å². The Morgan fingerprint density at radius 2 is 2.05 bits per heavy atom. The average molecular weight is 284 g/mol. The number of nitrogens with zero attached hydrogens (tertiary/aromatic N) is 3. The molecule has 0 aliphatic carbocycles. The van der Waals surface area contributed by atoms with Crippen LogP contribution in [0, 0.1) is 0 Å². The van der Waals surface area contributed by atoms with E-state index < -0.39 is 10.0 Å². The Labute approximate surface area is 114 Å². The third-order valence-corrected chi connectivity index (χ3v) is 5.54. The first-order valence-corrected chi connectivity index (χ1v) is 7.73. The van der Waals surface area contributed by atoms with E-state index in [9.17, 15) is 8.42 Å². The van der Waals surface area contributed by atoms with Gasteiger partial charge in [-0.05, 0) is 39.0 Å².